The van der Waals surface area contributed by atoms with Crippen molar-refractivity contribution in [3.8, 4) is 0 Å². The average molecular weight is 555 g/mol. The van der Waals surface area contributed by atoms with Gasteiger partial charge in [-0.3, -0.25) is 9.59 Å². The standard InChI is InChI=1S/C31H37Cl2N3O2/c1-3-23(2)35(31(38)24-12-9-13-26(32)19-24)22-30(37)36(27-14-5-4-6-15-27)21-28-16-10-18-34(28)20-25-11-7-8-17-29(25)33/h7-13,16-19,23,27H,3-6,14-15,20-22H2,1-2H3. The van der Waals surface area contributed by atoms with E-state index in [2.05, 4.69) is 10.6 Å². The van der Waals surface area contributed by atoms with Gasteiger partial charge in [-0.15, -0.1) is 0 Å². The summed E-state index contributed by atoms with van der Waals surface area (Å²) in [6, 6.07) is 19.0. The number of halogens is 2. The number of nitrogens with zero attached hydrogens (tertiary/aromatic N) is 3. The first-order chi connectivity index (χ1) is 18.4. The molecule has 1 aromatic heterocycles. The summed E-state index contributed by atoms with van der Waals surface area (Å²) in [5.41, 5.74) is 2.60. The zero-order valence-electron chi connectivity index (χ0n) is 22.3. The number of rotatable bonds is 10. The van der Waals surface area contributed by atoms with Gasteiger partial charge >= 0.3 is 0 Å². The molecule has 1 fully saturated rings. The maximum atomic E-state index is 14.0. The predicted molar refractivity (Wildman–Crippen MR) is 155 cm³/mol. The van der Waals surface area contributed by atoms with Crippen molar-refractivity contribution >= 4 is 35.0 Å². The normalized spacial score (nSPS) is 14.7. The minimum absolute atomic E-state index is 0.0157. The van der Waals surface area contributed by atoms with Gasteiger partial charge in [0, 0.05) is 46.1 Å². The lowest BCUT2D eigenvalue weighted by Crippen LogP contribution is -2.49. The maximum Gasteiger partial charge on any atom is 0.254 e. The van der Waals surface area contributed by atoms with Gasteiger partial charge in [-0.05, 0) is 68.1 Å². The molecular formula is C31H37Cl2N3O2. The molecule has 1 aliphatic rings. The van der Waals surface area contributed by atoms with Crippen molar-refractivity contribution in [3.05, 3.63) is 93.7 Å². The van der Waals surface area contributed by atoms with Gasteiger partial charge in [0.1, 0.15) is 6.54 Å². The Kier molecular flexibility index (Phi) is 9.92. The molecule has 0 aliphatic heterocycles. The zero-order chi connectivity index (χ0) is 27.1. The Hall–Kier alpha value is -2.76. The summed E-state index contributed by atoms with van der Waals surface area (Å²) >= 11 is 12.6. The lowest BCUT2D eigenvalue weighted by Gasteiger charge is -2.37. The summed E-state index contributed by atoms with van der Waals surface area (Å²) in [5, 5.41) is 1.24. The van der Waals surface area contributed by atoms with Gasteiger partial charge in [-0.25, -0.2) is 0 Å². The van der Waals surface area contributed by atoms with E-state index in [0.29, 0.717) is 23.7 Å². The Morgan fingerprint density at radius 2 is 1.76 bits per heavy atom. The molecule has 0 spiro atoms. The van der Waals surface area contributed by atoms with Crippen molar-refractivity contribution in [1.29, 1.82) is 0 Å². The van der Waals surface area contributed by atoms with Crippen molar-refractivity contribution in [3.63, 3.8) is 0 Å². The minimum atomic E-state index is -0.166. The molecule has 1 aliphatic carbocycles. The smallest absolute Gasteiger partial charge is 0.254 e. The number of carbonyl (C=O) groups is 2. The third-order valence-corrected chi connectivity index (χ3v) is 8.25. The van der Waals surface area contributed by atoms with Gasteiger partial charge in [0.2, 0.25) is 5.91 Å². The molecule has 1 heterocycles. The first-order valence-electron chi connectivity index (χ1n) is 13.6. The van der Waals surface area contributed by atoms with Gasteiger partial charge in [-0.1, -0.05) is 73.7 Å². The third-order valence-electron chi connectivity index (χ3n) is 7.65. The largest absolute Gasteiger partial charge is 0.345 e. The Morgan fingerprint density at radius 3 is 2.47 bits per heavy atom. The molecule has 1 atom stereocenters. The molecule has 0 bridgehead atoms. The van der Waals surface area contributed by atoms with Gasteiger partial charge in [0.15, 0.2) is 0 Å². The molecule has 7 heteroatoms. The second-order valence-electron chi connectivity index (χ2n) is 10.2. The van der Waals surface area contributed by atoms with Gasteiger partial charge in [0.05, 0.1) is 6.54 Å². The molecule has 0 N–H and O–H groups in total. The molecule has 2 amide bonds. The lowest BCUT2D eigenvalue weighted by atomic mass is 9.94. The van der Waals surface area contributed by atoms with E-state index < -0.39 is 0 Å². The summed E-state index contributed by atoms with van der Waals surface area (Å²) in [7, 11) is 0. The molecule has 2 aromatic carbocycles. The molecular weight excluding hydrogens is 517 g/mol. The number of aromatic nitrogens is 1. The van der Waals surface area contributed by atoms with E-state index in [9.17, 15) is 9.59 Å². The Balaban J connectivity index is 1.58. The summed E-state index contributed by atoms with van der Waals surface area (Å²) < 4.78 is 2.16. The van der Waals surface area contributed by atoms with Crippen molar-refractivity contribution < 1.29 is 9.59 Å². The zero-order valence-corrected chi connectivity index (χ0v) is 23.8. The average Bonchev–Trinajstić information content (AvgIpc) is 3.37. The molecule has 1 unspecified atom stereocenters. The van der Waals surface area contributed by atoms with E-state index in [0.717, 1.165) is 48.4 Å². The SMILES string of the molecule is CCC(C)N(CC(=O)N(Cc1cccn1Cc1ccccc1Cl)C1CCCCC1)C(=O)c1cccc(Cl)c1. The van der Waals surface area contributed by atoms with Crippen LogP contribution in [-0.4, -0.2) is 44.8 Å². The second kappa shape index (κ2) is 13.3. The number of benzene rings is 2. The highest BCUT2D eigenvalue weighted by Crippen LogP contribution is 2.26. The van der Waals surface area contributed by atoms with Crippen LogP contribution in [0.1, 0.15) is 74.0 Å². The summed E-state index contributed by atoms with van der Waals surface area (Å²) in [4.78, 5) is 31.2. The number of hydrogen-bond donors (Lipinski definition) is 0. The molecule has 202 valence electrons. The molecule has 4 rings (SSSR count). The van der Waals surface area contributed by atoms with E-state index in [4.69, 9.17) is 23.2 Å². The molecule has 1 saturated carbocycles. The monoisotopic (exact) mass is 553 g/mol. The highest BCUT2D eigenvalue weighted by atomic mass is 35.5. The Bertz CT molecular complexity index is 1240. The van der Waals surface area contributed by atoms with Crippen LogP contribution >= 0.6 is 23.2 Å². The van der Waals surface area contributed by atoms with Crippen LogP contribution in [0.4, 0.5) is 0 Å². The van der Waals surface area contributed by atoms with Crippen LogP contribution in [0.5, 0.6) is 0 Å². The van der Waals surface area contributed by atoms with E-state index in [-0.39, 0.29) is 30.4 Å². The van der Waals surface area contributed by atoms with Crippen LogP contribution in [0.2, 0.25) is 10.0 Å². The highest BCUT2D eigenvalue weighted by Gasteiger charge is 2.30. The Morgan fingerprint density at radius 1 is 1.00 bits per heavy atom. The molecule has 0 radical (unpaired) electrons. The van der Waals surface area contributed by atoms with Gasteiger partial charge < -0.3 is 14.4 Å². The molecule has 5 nitrogen and oxygen atoms in total. The summed E-state index contributed by atoms with van der Waals surface area (Å²) in [6.45, 7) is 5.22. The quantitative estimate of drug-likeness (QED) is 0.261. The highest BCUT2D eigenvalue weighted by molar-refractivity contribution is 6.31. The van der Waals surface area contributed by atoms with E-state index in [1.807, 2.05) is 55.3 Å². The fourth-order valence-corrected chi connectivity index (χ4v) is 5.60. The molecule has 0 saturated heterocycles. The maximum absolute atomic E-state index is 14.0. The third kappa shape index (κ3) is 7.00. The number of hydrogen-bond acceptors (Lipinski definition) is 2. The van der Waals surface area contributed by atoms with E-state index in [1.165, 1.54) is 6.42 Å². The van der Waals surface area contributed by atoms with Crippen LogP contribution in [0, 0.1) is 0 Å². The van der Waals surface area contributed by atoms with Crippen molar-refractivity contribution in [1.82, 2.24) is 14.4 Å². The first-order valence-corrected chi connectivity index (χ1v) is 14.4. The van der Waals surface area contributed by atoms with Crippen molar-refractivity contribution in [2.75, 3.05) is 6.54 Å². The van der Waals surface area contributed by atoms with Crippen LogP contribution < -0.4 is 0 Å². The van der Waals surface area contributed by atoms with Crippen LogP contribution in [0.3, 0.4) is 0 Å². The van der Waals surface area contributed by atoms with Gasteiger partial charge in [-0.2, -0.15) is 0 Å². The summed E-state index contributed by atoms with van der Waals surface area (Å²) in [6.07, 6.45) is 8.20. The van der Waals surface area contributed by atoms with Crippen LogP contribution in [0.25, 0.3) is 0 Å². The number of carbonyl (C=O) groups excluding carboxylic acids is 2. The first kappa shape index (κ1) is 28.3. The minimum Gasteiger partial charge on any atom is -0.345 e. The predicted octanol–water partition coefficient (Wildman–Crippen LogP) is 7.45. The fourth-order valence-electron chi connectivity index (χ4n) is 5.22. The summed E-state index contributed by atoms with van der Waals surface area (Å²) in [5.74, 6) is -0.182. The fraction of sp³-hybridized carbons (Fsp3) is 0.419. The second-order valence-corrected chi connectivity index (χ2v) is 11.1. The number of amides is 2. The molecule has 38 heavy (non-hydrogen) atoms. The van der Waals surface area contributed by atoms with E-state index in [1.54, 1.807) is 29.2 Å². The lowest BCUT2D eigenvalue weighted by molar-refractivity contribution is -0.136. The van der Waals surface area contributed by atoms with Crippen LogP contribution in [-0.2, 0) is 17.9 Å². The van der Waals surface area contributed by atoms with Crippen molar-refractivity contribution in [2.45, 2.75) is 77.5 Å². The van der Waals surface area contributed by atoms with E-state index >= 15 is 0 Å². The topological polar surface area (TPSA) is 45.6 Å². The van der Waals surface area contributed by atoms with Crippen molar-refractivity contribution in [2.24, 2.45) is 0 Å². The Labute approximate surface area is 236 Å². The molecule has 3 aromatic rings. The van der Waals surface area contributed by atoms with Crippen LogP contribution in [0.15, 0.2) is 66.9 Å². The van der Waals surface area contributed by atoms with Gasteiger partial charge in [0.25, 0.3) is 5.91 Å².